The standard InChI is InChI=1S/C17H26N2O/c20-17(15-4-2-1-3-5-15)13-19(16-6-7-16)12-14-8-10-18-11-9-14/h1-5,14,16-18,20H,6-13H2. The van der Waals surface area contributed by atoms with Gasteiger partial charge < -0.3 is 10.4 Å². The van der Waals surface area contributed by atoms with E-state index < -0.39 is 0 Å². The monoisotopic (exact) mass is 274 g/mol. The first kappa shape index (κ1) is 14.1. The molecule has 2 fully saturated rings. The van der Waals surface area contributed by atoms with Crippen molar-refractivity contribution in [2.45, 2.75) is 37.8 Å². The highest BCUT2D eigenvalue weighted by Crippen LogP contribution is 2.30. The fraction of sp³-hybridized carbons (Fsp3) is 0.647. The van der Waals surface area contributed by atoms with Crippen molar-refractivity contribution in [3.05, 3.63) is 35.9 Å². The zero-order chi connectivity index (χ0) is 13.8. The van der Waals surface area contributed by atoms with E-state index >= 15 is 0 Å². The molecular formula is C17H26N2O. The lowest BCUT2D eigenvalue weighted by atomic mass is 9.97. The van der Waals surface area contributed by atoms with E-state index in [1.807, 2.05) is 30.3 Å². The molecular weight excluding hydrogens is 248 g/mol. The maximum Gasteiger partial charge on any atom is 0.0917 e. The predicted octanol–water partition coefficient (Wildman–Crippen LogP) is 2.18. The molecule has 3 rings (SSSR count). The molecule has 0 radical (unpaired) electrons. The van der Waals surface area contributed by atoms with Gasteiger partial charge in [-0.05, 0) is 50.3 Å². The third-order valence-electron chi connectivity index (χ3n) is 4.61. The average molecular weight is 274 g/mol. The molecule has 0 spiro atoms. The average Bonchev–Trinajstić information content (AvgIpc) is 3.33. The number of hydrogen-bond donors (Lipinski definition) is 2. The summed E-state index contributed by atoms with van der Waals surface area (Å²) in [5, 5.41) is 13.9. The van der Waals surface area contributed by atoms with Crippen molar-refractivity contribution in [2.24, 2.45) is 5.92 Å². The Balaban J connectivity index is 1.56. The number of rotatable bonds is 6. The van der Waals surface area contributed by atoms with Crippen LogP contribution in [0.25, 0.3) is 0 Å². The summed E-state index contributed by atoms with van der Waals surface area (Å²) >= 11 is 0. The summed E-state index contributed by atoms with van der Waals surface area (Å²) in [6.45, 7) is 4.27. The molecule has 1 aliphatic heterocycles. The smallest absolute Gasteiger partial charge is 0.0917 e. The zero-order valence-electron chi connectivity index (χ0n) is 12.2. The van der Waals surface area contributed by atoms with Crippen LogP contribution in [0.2, 0.25) is 0 Å². The molecule has 1 aromatic carbocycles. The van der Waals surface area contributed by atoms with Gasteiger partial charge in [0.15, 0.2) is 0 Å². The Morgan fingerprint density at radius 3 is 2.45 bits per heavy atom. The lowest BCUT2D eigenvalue weighted by Crippen LogP contribution is -2.39. The first-order valence-electron chi connectivity index (χ1n) is 8.00. The van der Waals surface area contributed by atoms with Gasteiger partial charge in [0.2, 0.25) is 0 Å². The fourth-order valence-corrected chi connectivity index (χ4v) is 3.21. The van der Waals surface area contributed by atoms with E-state index in [2.05, 4.69) is 10.2 Å². The van der Waals surface area contributed by atoms with Gasteiger partial charge in [0, 0.05) is 19.1 Å². The predicted molar refractivity (Wildman–Crippen MR) is 81.6 cm³/mol. The van der Waals surface area contributed by atoms with Gasteiger partial charge in [0.1, 0.15) is 0 Å². The van der Waals surface area contributed by atoms with Crippen LogP contribution in [0.1, 0.15) is 37.4 Å². The van der Waals surface area contributed by atoms with Gasteiger partial charge in [-0.3, -0.25) is 4.90 Å². The second-order valence-corrected chi connectivity index (χ2v) is 6.30. The lowest BCUT2D eigenvalue weighted by molar-refractivity contribution is 0.0935. The quantitative estimate of drug-likeness (QED) is 0.834. The van der Waals surface area contributed by atoms with Crippen LogP contribution in [0.3, 0.4) is 0 Å². The number of benzene rings is 1. The van der Waals surface area contributed by atoms with Crippen molar-refractivity contribution >= 4 is 0 Å². The minimum Gasteiger partial charge on any atom is -0.387 e. The van der Waals surface area contributed by atoms with Crippen LogP contribution in [0, 0.1) is 5.92 Å². The third kappa shape index (κ3) is 3.81. The van der Waals surface area contributed by atoms with Gasteiger partial charge >= 0.3 is 0 Å². The number of nitrogens with one attached hydrogen (secondary N) is 1. The summed E-state index contributed by atoms with van der Waals surface area (Å²) in [4.78, 5) is 2.54. The van der Waals surface area contributed by atoms with Gasteiger partial charge in [-0.15, -0.1) is 0 Å². The van der Waals surface area contributed by atoms with E-state index in [9.17, 15) is 5.11 Å². The van der Waals surface area contributed by atoms with Crippen LogP contribution >= 0.6 is 0 Å². The van der Waals surface area contributed by atoms with Crippen molar-refractivity contribution in [3.63, 3.8) is 0 Å². The summed E-state index contributed by atoms with van der Waals surface area (Å²) in [6.07, 6.45) is 4.84. The Bertz CT molecular complexity index is 399. The van der Waals surface area contributed by atoms with Crippen LogP contribution in [0.5, 0.6) is 0 Å². The Labute approximate surface area is 122 Å². The highest BCUT2D eigenvalue weighted by Gasteiger charge is 2.32. The van der Waals surface area contributed by atoms with E-state index in [-0.39, 0.29) is 6.10 Å². The number of aliphatic hydroxyl groups is 1. The van der Waals surface area contributed by atoms with Crippen molar-refractivity contribution < 1.29 is 5.11 Å². The van der Waals surface area contributed by atoms with Crippen molar-refractivity contribution in [3.8, 4) is 0 Å². The molecule has 110 valence electrons. The highest BCUT2D eigenvalue weighted by molar-refractivity contribution is 5.17. The van der Waals surface area contributed by atoms with Crippen LogP contribution in [-0.2, 0) is 0 Å². The van der Waals surface area contributed by atoms with Crippen LogP contribution < -0.4 is 5.32 Å². The van der Waals surface area contributed by atoms with Crippen molar-refractivity contribution in [2.75, 3.05) is 26.2 Å². The Hall–Kier alpha value is -0.900. The molecule has 3 heteroatoms. The molecule has 1 atom stereocenters. The molecule has 3 nitrogen and oxygen atoms in total. The van der Waals surface area contributed by atoms with Crippen molar-refractivity contribution in [1.82, 2.24) is 10.2 Å². The largest absolute Gasteiger partial charge is 0.387 e. The molecule has 2 N–H and O–H groups in total. The lowest BCUT2D eigenvalue weighted by Gasteiger charge is -2.31. The molecule has 20 heavy (non-hydrogen) atoms. The number of aliphatic hydroxyl groups excluding tert-OH is 1. The molecule has 1 unspecified atom stereocenters. The topological polar surface area (TPSA) is 35.5 Å². The van der Waals surface area contributed by atoms with Crippen LogP contribution in [0.15, 0.2) is 30.3 Å². The maximum absolute atomic E-state index is 10.4. The fourth-order valence-electron chi connectivity index (χ4n) is 3.21. The van der Waals surface area contributed by atoms with Crippen molar-refractivity contribution in [1.29, 1.82) is 0 Å². The molecule has 1 saturated carbocycles. The van der Waals surface area contributed by atoms with Gasteiger partial charge in [0.25, 0.3) is 0 Å². The van der Waals surface area contributed by atoms with Gasteiger partial charge in [-0.25, -0.2) is 0 Å². The summed E-state index contributed by atoms with van der Waals surface area (Å²) < 4.78 is 0. The Morgan fingerprint density at radius 1 is 1.10 bits per heavy atom. The van der Waals surface area contributed by atoms with E-state index in [0.717, 1.165) is 43.7 Å². The zero-order valence-corrected chi connectivity index (χ0v) is 12.2. The normalized spacial score (nSPS) is 22.1. The van der Waals surface area contributed by atoms with Gasteiger partial charge in [0.05, 0.1) is 6.10 Å². The molecule has 0 bridgehead atoms. The van der Waals surface area contributed by atoms with E-state index in [1.165, 1.54) is 25.7 Å². The second-order valence-electron chi connectivity index (χ2n) is 6.30. The van der Waals surface area contributed by atoms with Crippen LogP contribution in [-0.4, -0.2) is 42.2 Å². The van der Waals surface area contributed by atoms with E-state index in [1.54, 1.807) is 0 Å². The van der Waals surface area contributed by atoms with Gasteiger partial charge in [-0.1, -0.05) is 30.3 Å². The first-order valence-corrected chi connectivity index (χ1v) is 8.00. The molecule has 1 heterocycles. The van der Waals surface area contributed by atoms with Gasteiger partial charge in [-0.2, -0.15) is 0 Å². The minimum atomic E-state index is -0.349. The summed E-state index contributed by atoms with van der Waals surface area (Å²) in [5.41, 5.74) is 1.04. The second kappa shape index (κ2) is 6.70. The number of hydrogen-bond acceptors (Lipinski definition) is 3. The van der Waals surface area contributed by atoms with E-state index in [4.69, 9.17) is 0 Å². The van der Waals surface area contributed by atoms with Crippen LogP contribution in [0.4, 0.5) is 0 Å². The SMILES string of the molecule is OC(CN(CC1CCNCC1)C1CC1)c1ccccc1. The number of nitrogens with zero attached hydrogens (tertiary/aromatic N) is 1. The Morgan fingerprint density at radius 2 is 1.80 bits per heavy atom. The highest BCUT2D eigenvalue weighted by atomic mass is 16.3. The summed E-state index contributed by atoms with van der Waals surface area (Å²) in [5.74, 6) is 0.805. The maximum atomic E-state index is 10.4. The minimum absolute atomic E-state index is 0.349. The molecule has 0 amide bonds. The molecule has 2 aliphatic rings. The number of piperidine rings is 1. The summed E-state index contributed by atoms with van der Waals surface area (Å²) in [6, 6.07) is 10.8. The molecule has 1 aliphatic carbocycles. The van der Waals surface area contributed by atoms with E-state index in [0.29, 0.717) is 0 Å². The molecule has 0 aromatic heterocycles. The third-order valence-corrected chi connectivity index (χ3v) is 4.61. The first-order chi connectivity index (χ1) is 9.83. The summed E-state index contributed by atoms with van der Waals surface area (Å²) in [7, 11) is 0. The Kier molecular flexibility index (Phi) is 4.71. The molecule has 1 saturated heterocycles. The molecule has 1 aromatic rings.